The highest BCUT2D eigenvalue weighted by Gasteiger charge is 2.44. The number of benzene rings is 1. The third-order valence-electron chi connectivity index (χ3n) is 6.14. The molecule has 2 fully saturated rings. The van der Waals surface area contributed by atoms with Gasteiger partial charge in [-0.25, -0.2) is 0 Å². The minimum atomic E-state index is -4.51. The van der Waals surface area contributed by atoms with Crippen molar-refractivity contribution in [1.29, 1.82) is 0 Å². The van der Waals surface area contributed by atoms with E-state index in [1.807, 2.05) is 7.05 Å². The number of hydrogen-bond donors (Lipinski definition) is 1. The number of nitrogens with one attached hydrogen (secondary N) is 1. The van der Waals surface area contributed by atoms with E-state index in [1.54, 1.807) is 6.26 Å². The highest BCUT2D eigenvalue weighted by atomic mass is 32.2. The monoisotopic (exact) mass is 446 g/mol. The number of alkyl halides is 3. The molecule has 1 aromatic carbocycles. The summed E-state index contributed by atoms with van der Waals surface area (Å²) in [6.45, 7) is 2.98. The second-order valence-corrected chi connectivity index (χ2v) is 8.94. The van der Waals surface area contributed by atoms with Crippen LogP contribution in [0.5, 0.6) is 5.75 Å². The van der Waals surface area contributed by atoms with Crippen LogP contribution in [0.3, 0.4) is 0 Å². The number of carbonyl (C=O) groups excluding carboxylic acids is 1. The van der Waals surface area contributed by atoms with Gasteiger partial charge < -0.3 is 19.7 Å². The zero-order valence-electron chi connectivity index (χ0n) is 17.6. The Balaban J connectivity index is 1.97. The van der Waals surface area contributed by atoms with Crippen LogP contribution in [0.25, 0.3) is 0 Å². The maximum atomic E-state index is 13.5. The fourth-order valence-corrected chi connectivity index (χ4v) is 5.32. The number of rotatable bonds is 5. The molecule has 1 amide bonds. The summed E-state index contributed by atoms with van der Waals surface area (Å²) in [6, 6.07) is 1.93. The molecule has 0 bridgehead atoms. The third-order valence-corrected chi connectivity index (χ3v) is 6.90. The predicted molar refractivity (Wildman–Crippen MR) is 110 cm³/mol. The molecule has 0 aromatic heterocycles. The molecule has 0 spiro atoms. The van der Waals surface area contributed by atoms with Crippen LogP contribution < -0.4 is 10.1 Å². The summed E-state index contributed by atoms with van der Waals surface area (Å²) in [5, 5.41) is 3.25. The maximum Gasteiger partial charge on any atom is 0.416 e. The van der Waals surface area contributed by atoms with Crippen molar-refractivity contribution in [2.75, 3.05) is 46.7 Å². The van der Waals surface area contributed by atoms with Crippen LogP contribution >= 0.6 is 11.8 Å². The number of likely N-dealkylation sites (tertiary alicyclic amines) is 1. The zero-order valence-corrected chi connectivity index (χ0v) is 18.4. The van der Waals surface area contributed by atoms with Crippen molar-refractivity contribution in [2.24, 2.45) is 5.92 Å². The third kappa shape index (κ3) is 4.89. The second kappa shape index (κ2) is 9.36. The first-order valence-electron chi connectivity index (χ1n) is 10.1. The molecule has 5 nitrogen and oxygen atoms in total. The standard InChI is InChI=1S/C21H29F3N2O3S/c1-26-8-4-7-20(13-26,14-5-9-29-10-6-14)25-19(27)18-16(28-2)11-15(21(22,23)24)12-17(18)30-3/h11-12,14H,4-10,13H2,1-3H3,(H,25,27). The molecule has 2 aliphatic heterocycles. The van der Waals surface area contributed by atoms with E-state index in [1.165, 1.54) is 7.11 Å². The Bertz CT molecular complexity index is 743. The minimum Gasteiger partial charge on any atom is -0.496 e. The summed E-state index contributed by atoms with van der Waals surface area (Å²) >= 11 is 1.11. The van der Waals surface area contributed by atoms with Gasteiger partial charge >= 0.3 is 6.18 Å². The van der Waals surface area contributed by atoms with Gasteiger partial charge in [0.15, 0.2) is 0 Å². The lowest BCUT2D eigenvalue weighted by atomic mass is 9.73. The lowest BCUT2D eigenvalue weighted by Gasteiger charge is -2.48. The number of piperidine rings is 1. The first-order valence-corrected chi connectivity index (χ1v) is 11.3. The lowest BCUT2D eigenvalue weighted by Crippen LogP contribution is -2.62. The Morgan fingerprint density at radius 2 is 2.03 bits per heavy atom. The fraction of sp³-hybridized carbons (Fsp3) is 0.667. The minimum absolute atomic E-state index is 0.0574. The number of nitrogens with zero attached hydrogens (tertiary/aromatic N) is 1. The molecule has 0 radical (unpaired) electrons. The van der Waals surface area contributed by atoms with E-state index in [9.17, 15) is 18.0 Å². The number of halogens is 3. The van der Waals surface area contributed by atoms with Crippen molar-refractivity contribution in [1.82, 2.24) is 10.2 Å². The topological polar surface area (TPSA) is 50.8 Å². The number of hydrogen-bond acceptors (Lipinski definition) is 5. The normalized spacial score (nSPS) is 23.9. The van der Waals surface area contributed by atoms with Crippen molar-refractivity contribution >= 4 is 17.7 Å². The summed E-state index contributed by atoms with van der Waals surface area (Å²) in [5.41, 5.74) is -1.09. The van der Waals surface area contributed by atoms with E-state index >= 15 is 0 Å². The lowest BCUT2D eigenvalue weighted by molar-refractivity contribution is -0.137. The molecule has 3 rings (SSSR count). The number of ether oxygens (including phenoxy) is 2. The smallest absolute Gasteiger partial charge is 0.416 e. The number of likely N-dealkylation sites (N-methyl/N-ethyl adjacent to an activating group) is 1. The maximum absolute atomic E-state index is 13.5. The molecule has 9 heteroatoms. The largest absolute Gasteiger partial charge is 0.496 e. The van der Waals surface area contributed by atoms with Crippen LogP contribution in [-0.2, 0) is 10.9 Å². The van der Waals surface area contributed by atoms with Crippen molar-refractivity contribution in [2.45, 2.75) is 42.3 Å². The summed E-state index contributed by atoms with van der Waals surface area (Å²) in [7, 11) is 3.32. The van der Waals surface area contributed by atoms with Crippen LogP contribution in [0.1, 0.15) is 41.6 Å². The Hall–Kier alpha value is -1.45. The molecule has 168 valence electrons. The molecule has 1 aromatic rings. The summed E-state index contributed by atoms with van der Waals surface area (Å²) in [5.74, 6) is -0.180. The summed E-state index contributed by atoms with van der Waals surface area (Å²) < 4.78 is 50.6. The van der Waals surface area contributed by atoms with Gasteiger partial charge in [0.25, 0.3) is 5.91 Å². The Labute approximate surface area is 179 Å². The predicted octanol–water partition coefficient (Wildman–Crippen LogP) is 4.06. The van der Waals surface area contributed by atoms with Gasteiger partial charge in [0.05, 0.1) is 23.8 Å². The van der Waals surface area contributed by atoms with Crippen molar-refractivity contribution in [3.05, 3.63) is 23.3 Å². The molecule has 1 N–H and O–H groups in total. The Morgan fingerprint density at radius 1 is 1.33 bits per heavy atom. The van der Waals surface area contributed by atoms with E-state index < -0.39 is 17.3 Å². The fourth-order valence-electron chi connectivity index (χ4n) is 4.68. The zero-order chi connectivity index (χ0) is 21.9. The Kier molecular flexibility index (Phi) is 7.24. The van der Waals surface area contributed by atoms with Gasteiger partial charge in [-0.05, 0) is 63.6 Å². The second-order valence-electron chi connectivity index (χ2n) is 8.09. The van der Waals surface area contributed by atoms with Gasteiger partial charge in [0.2, 0.25) is 0 Å². The molecule has 2 saturated heterocycles. The van der Waals surface area contributed by atoms with Crippen LogP contribution in [0.4, 0.5) is 13.2 Å². The first kappa shape index (κ1) is 23.2. The summed E-state index contributed by atoms with van der Waals surface area (Å²) in [4.78, 5) is 15.9. The van der Waals surface area contributed by atoms with Crippen LogP contribution in [0, 0.1) is 5.92 Å². The molecule has 2 aliphatic rings. The molecule has 1 atom stereocenters. The van der Waals surface area contributed by atoms with E-state index in [2.05, 4.69) is 10.2 Å². The highest BCUT2D eigenvalue weighted by molar-refractivity contribution is 7.98. The Morgan fingerprint density at radius 3 is 2.60 bits per heavy atom. The molecule has 0 aliphatic carbocycles. The highest BCUT2D eigenvalue weighted by Crippen LogP contribution is 2.40. The molecule has 2 heterocycles. The molecular formula is C21H29F3N2O3S. The van der Waals surface area contributed by atoms with Crippen LogP contribution in [0.2, 0.25) is 0 Å². The molecular weight excluding hydrogens is 417 g/mol. The van der Waals surface area contributed by atoms with E-state index in [-0.39, 0.29) is 28.0 Å². The van der Waals surface area contributed by atoms with Gasteiger partial charge in [-0.15, -0.1) is 11.8 Å². The van der Waals surface area contributed by atoms with Gasteiger partial charge in [-0.2, -0.15) is 13.2 Å². The van der Waals surface area contributed by atoms with Gasteiger partial charge in [0, 0.05) is 24.7 Å². The van der Waals surface area contributed by atoms with Gasteiger partial charge in [0.1, 0.15) is 5.75 Å². The summed E-state index contributed by atoms with van der Waals surface area (Å²) in [6.07, 6.45) is 0.650. The molecule has 30 heavy (non-hydrogen) atoms. The number of methoxy groups -OCH3 is 1. The van der Waals surface area contributed by atoms with E-state index in [0.29, 0.717) is 19.8 Å². The van der Waals surface area contributed by atoms with Crippen molar-refractivity contribution < 1.29 is 27.4 Å². The van der Waals surface area contributed by atoms with Gasteiger partial charge in [-0.3, -0.25) is 4.79 Å². The SMILES string of the molecule is COc1cc(C(F)(F)F)cc(SC)c1C(=O)NC1(C2CCOCC2)CCCN(C)C1. The molecule has 1 unspecified atom stereocenters. The molecule has 0 saturated carbocycles. The van der Waals surface area contributed by atoms with E-state index in [0.717, 1.165) is 56.1 Å². The van der Waals surface area contributed by atoms with Crippen LogP contribution in [0.15, 0.2) is 17.0 Å². The quantitative estimate of drug-likeness (QED) is 0.692. The number of thioether (sulfide) groups is 1. The van der Waals surface area contributed by atoms with Crippen molar-refractivity contribution in [3.8, 4) is 5.75 Å². The first-order chi connectivity index (χ1) is 14.2. The number of amides is 1. The average Bonchev–Trinajstić information content (AvgIpc) is 2.72. The van der Waals surface area contributed by atoms with Crippen molar-refractivity contribution in [3.63, 3.8) is 0 Å². The number of carbonyl (C=O) groups is 1. The average molecular weight is 447 g/mol. The van der Waals surface area contributed by atoms with E-state index in [4.69, 9.17) is 9.47 Å². The van der Waals surface area contributed by atoms with Crippen LogP contribution in [-0.4, -0.2) is 63.1 Å². The van der Waals surface area contributed by atoms with Gasteiger partial charge in [-0.1, -0.05) is 0 Å².